The molecule has 0 radical (unpaired) electrons. The summed E-state index contributed by atoms with van der Waals surface area (Å²) in [5, 5.41) is 3.88. The number of nitrogens with one attached hydrogen (secondary N) is 1. The Labute approximate surface area is 137 Å². The summed E-state index contributed by atoms with van der Waals surface area (Å²) in [4.78, 5) is 35.1. The van der Waals surface area contributed by atoms with Crippen LogP contribution in [0.5, 0.6) is 0 Å². The number of amides is 2. The third kappa shape index (κ3) is 5.52. The van der Waals surface area contributed by atoms with Gasteiger partial charge in [0.1, 0.15) is 0 Å². The highest BCUT2D eigenvalue weighted by molar-refractivity contribution is 7.12. The number of hydrogen-bond donors (Lipinski definition) is 1. The molecule has 0 unspecified atom stereocenters. The molecule has 0 saturated carbocycles. The molecular formula is C17H15NO4S. The number of hydrogen-bond acceptors (Lipinski definition) is 5. The van der Waals surface area contributed by atoms with Crippen molar-refractivity contribution in [1.29, 1.82) is 0 Å². The van der Waals surface area contributed by atoms with Crippen LogP contribution < -0.4 is 5.32 Å². The molecule has 0 fully saturated rings. The number of rotatable bonds is 5. The van der Waals surface area contributed by atoms with E-state index in [9.17, 15) is 14.4 Å². The zero-order valence-electron chi connectivity index (χ0n) is 12.4. The average Bonchev–Trinajstić information content (AvgIpc) is 3.05. The van der Waals surface area contributed by atoms with E-state index in [-0.39, 0.29) is 0 Å². The fourth-order valence-corrected chi connectivity index (χ4v) is 2.37. The number of ether oxygens (including phenoxy) is 1. The largest absolute Gasteiger partial charge is 0.452 e. The molecule has 0 aliphatic carbocycles. The molecule has 0 bridgehead atoms. The molecule has 1 N–H and O–H groups in total. The first-order valence-corrected chi connectivity index (χ1v) is 7.72. The second-order valence-corrected chi connectivity index (χ2v) is 5.66. The van der Waals surface area contributed by atoms with Crippen molar-refractivity contribution in [3.8, 4) is 0 Å². The van der Waals surface area contributed by atoms with Crippen molar-refractivity contribution < 1.29 is 19.1 Å². The van der Waals surface area contributed by atoms with E-state index in [0.29, 0.717) is 4.88 Å². The number of aryl methyl sites for hydroxylation is 1. The van der Waals surface area contributed by atoms with Gasteiger partial charge < -0.3 is 4.74 Å². The van der Waals surface area contributed by atoms with Crippen LogP contribution in [0.25, 0.3) is 6.08 Å². The van der Waals surface area contributed by atoms with Crippen molar-refractivity contribution in [1.82, 2.24) is 5.32 Å². The van der Waals surface area contributed by atoms with Crippen LogP contribution in [-0.2, 0) is 14.3 Å². The summed E-state index contributed by atoms with van der Waals surface area (Å²) in [6, 6.07) is 10.9. The molecule has 0 saturated heterocycles. The summed E-state index contributed by atoms with van der Waals surface area (Å²) in [7, 11) is 0. The molecular weight excluding hydrogens is 314 g/mol. The summed E-state index contributed by atoms with van der Waals surface area (Å²) in [6.45, 7) is 1.44. The Hall–Kier alpha value is -2.73. The first-order chi connectivity index (χ1) is 11.0. The Balaban J connectivity index is 1.77. The topological polar surface area (TPSA) is 72.5 Å². The van der Waals surface area contributed by atoms with Crippen LogP contribution in [0.15, 0.2) is 47.9 Å². The number of carbonyl (C=O) groups excluding carboxylic acids is 3. The van der Waals surface area contributed by atoms with Gasteiger partial charge in [-0.05, 0) is 30.0 Å². The summed E-state index contributed by atoms with van der Waals surface area (Å²) < 4.78 is 4.79. The quantitative estimate of drug-likeness (QED) is 0.676. The number of benzene rings is 1. The maximum Gasteiger partial charge on any atom is 0.331 e. The lowest BCUT2D eigenvalue weighted by Crippen LogP contribution is -2.33. The molecule has 1 heterocycles. The fourth-order valence-electron chi connectivity index (χ4n) is 1.75. The van der Waals surface area contributed by atoms with Crippen molar-refractivity contribution >= 4 is 35.2 Å². The monoisotopic (exact) mass is 329 g/mol. The van der Waals surface area contributed by atoms with Crippen LogP contribution in [0.4, 0.5) is 0 Å². The van der Waals surface area contributed by atoms with Gasteiger partial charge in [-0.15, -0.1) is 11.3 Å². The van der Waals surface area contributed by atoms with Crippen LogP contribution in [0, 0.1) is 6.92 Å². The predicted octanol–water partition coefficient (Wildman–Crippen LogP) is 2.57. The molecule has 5 nitrogen and oxygen atoms in total. The fraction of sp³-hybridized carbons (Fsp3) is 0.118. The molecule has 23 heavy (non-hydrogen) atoms. The smallest absolute Gasteiger partial charge is 0.331 e. The standard InChI is InChI=1S/C17H15NO4S/c1-12-4-2-5-13(10-12)7-8-16(20)22-11-15(19)18-17(21)14-6-3-9-23-14/h2-10H,11H2,1H3,(H,18,19,21)/b8-7+. The molecule has 0 atom stereocenters. The number of carbonyl (C=O) groups is 3. The Morgan fingerprint density at radius 3 is 2.74 bits per heavy atom. The van der Waals surface area contributed by atoms with E-state index >= 15 is 0 Å². The van der Waals surface area contributed by atoms with Gasteiger partial charge in [-0.25, -0.2) is 4.79 Å². The van der Waals surface area contributed by atoms with Crippen molar-refractivity contribution in [3.63, 3.8) is 0 Å². The molecule has 1 aromatic carbocycles. The third-order valence-corrected chi connectivity index (χ3v) is 3.67. The Bertz CT molecular complexity index is 735. The van der Waals surface area contributed by atoms with Gasteiger partial charge in [0.15, 0.2) is 6.61 Å². The van der Waals surface area contributed by atoms with Gasteiger partial charge in [-0.1, -0.05) is 35.9 Å². The molecule has 1 aromatic heterocycles. The highest BCUT2D eigenvalue weighted by Crippen LogP contribution is 2.08. The van der Waals surface area contributed by atoms with E-state index in [1.807, 2.05) is 31.2 Å². The number of imide groups is 1. The van der Waals surface area contributed by atoms with Crippen molar-refractivity contribution in [2.45, 2.75) is 6.92 Å². The van der Waals surface area contributed by atoms with E-state index in [1.54, 1.807) is 23.6 Å². The van der Waals surface area contributed by atoms with E-state index < -0.39 is 24.4 Å². The highest BCUT2D eigenvalue weighted by atomic mass is 32.1. The zero-order valence-corrected chi connectivity index (χ0v) is 13.3. The lowest BCUT2D eigenvalue weighted by molar-refractivity contribution is -0.143. The van der Waals surface area contributed by atoms with E-state index in [1.165, 1.54) is 17.4 Å². The molecule has 118 valence electrons. The van der Waals surface area contributed by atoms with Crippen molar-refractivity contribution in [2.75, 3.05) is 6.61 Å². The van der Waals surface area contributed by atoms with Crippen LogP contribution in [0.1, 0.15) is 20.8 Å². The summed E-state index contributed by atoms with van der Waals surface area (Å²) in [6.07, 6.45) is 2.84. The minimum absolute atomic E-state index is 0.420. The van der Waals surface area contributed by atoms with Crippen molar-refractivity contribution in [2.24, 2.45) is 0 Å². The van der Waals surface area contributed by atoms with Gasteiger partial charge in [-0.3, -0.25) is 14.9 Å². The first kappa shape index (κ1) is 16.6. The third-order valence-electron chi connectivity index (χ3n) is 2.80. The van der Waals surface area contributed by atoms with Crippen LogP contribution in [0.2, 0.25) is 0 Å². The van der Waals surface area contributed by atoms with E-state index in [2.05, 4.69) is 5.32 Å². The Morgan fingerprint density at radius 1 is 1.22 bits per heavy atom. The molecule has 2 rings (SSSR count). The molecule has 6 heteroatoms. The minimum atomic E-state index is -0.666. The Morgan fingerprint density at radius 2 is 2.04 bits per heavy atom. The van der Waals surface area contributed by atoms with Crippen molar-refractivity contribution in [3.05, 3.63) is 63.9 Å². The number of esters is 1. The second-order valence-electron chi connectivity index (χ2n) is 4.71. The van der Waals surface area contributed by atoms with Gasteiger partial charge in [0.2, 0.25) is 0 Å². The van der Waals surface area contributed by atoms with Gasteiger partial charge in [0.25, 0.3) is 11.8 Å². The van der Waals surface area contributed by atoms with Crippen LogP contribution in [0.3, 0.4) is 0 Å². The first-order valence-electron chi connectivity index (χ1n) is 6.84. The molecule has 2 aromatic rings. The predicted molar refractivity (Wildman–Crippen MR) is 88.0 cm³/mol. The molecule has 2 amide bonds. The van der Waals surface area contributed by atoms with Gasteiger partial charge in [-0.2, -0.15) is 0 Å². The van der Waals surface area contributed by atoms with Crippen LogP contribution >= 0.6 is 11.3 Å². The lowest BCUT2D eigenvalue weighted by atomic mass is 10.1. The van der Waals surface area contributed by atoms with E-state index in [0.717, 1.165) is 11.1 Å². The maximum absolute atomic E-state index is 11.6. The molecule has 0 aliphatic heterocycles. The Kier molecular flexibility index (Phi) is 5.82. The van der Waals surface area contributed by atoms with Gasteiger partial charge >= 0.3 is 5.97 Å². The highest BCUT2D eigenvalue weighted by Gasteiger charge is 2.12. The van der Waals surface area contributed by atoms with Crippen LogP contribution in [-0.4, -0.2) is 24.4 Å². The average molecular weight is 329 g/mol. The maximum atomic E-state index is 11.6. The minimum Gasteiger partial charge on any atom is -0.452 e. The lowest BCUT2D eigenvalue weighted by Gasteiger charge is -2.03. The van der Waals surface area contributed by atoms with Gasteiger partial charge in [0.05, 0.1) is 4.88 Å². The number of thiophene rings is 1. The van der Waals surface area contributed by atoms with Gasteiger partial charge in [0, 0.05) is 6.08 Å². The normalized spacial score (nSPS) is 10.5. The molecule has 0 aliphatic rings. The zero-order chi connectivity index (χ0) is 16.7. The summed E-state index contributed by atoms with van der Waals surface area (Å²) >= 11 is 1.22. The second kappa shape index (κ2) is 8.05. The summed E-state index contributed by atoms with van der Waals surface area (Å²) in [5.74, 6) is -1.82. The van der Waals surface area contributed by atoms with E-state index in [4.69, 9.17) is 4.74 Å². The summed E-state index contributed by atoms with van der Waals surface area (Å²) in [5.41, 5.74) is 1.94. The molecule has 0 spiro atoms. The SMILES string of the molecule is Cc1cccc(/C=C/C(=O)OCC(=O)NC(=O)c2cccs2)c1.